The molecule has 159 valence electrons. The van der Waals surface area contributed by atoms with Crippen molar-refractivity contribution < 1.29 is 4.79 Å². The molecular formula is C22H20N8OS+. The van der Waals surface area contributed by atoms with Gasteiger partial charge in [-0.2, -0.15) is 10.1 Å². The molecule has 0 fully saturated rings. The molecule has 0 bridgehead atoms. The number of carbonyl (C=O) groups is 1. The quantitative estimate of drug-likeness (QED) is 0.396. The number of H-pyrrole nitrogens is 1. The number of rotatable bonds is 6. The van der Waals surface area contributed by atoms with Crippen LogP contribution >= 0.6 is 11.9 Å². The third kappa shape index (κ3) is 4.41. The van der Waals surface area contributed by atoms with Crippen LogP contribution in [0, 0.1) is 6.92 Å². The molecule has 10 heteroatoms. The van der Waals surface area contributed by atoms with E-state index in [1.807, 2.05) is 54.6 Å². The molecule has 32 heavy (non-hydrogen) atoms. The second-order valence-electron chi connectivity index (χ2n) is 7.15. The van der Waals surface area contributed by atoms with Crippen molar-refractivity contribution in [3.8, 4) is 0 Å². The first kappa shape index (κ1) is 20.0. The number of nitrogens with zero attached hydrogens (tertiary/aromatic N) is 5. The topological polar surface area (TPSA) is 104 Å². The van der Waals surface area contributed by atoms with Gasteiger partial charge >= 0.3 is 0 Å². The number of aromatic nitrogens is 3. The lowest BCUT2D eigenvalue weighted by molar-refractivity contribution is 0.102. The van der Waals surface area contributed by atoms with Crippen molar-refractivity contribution in [1.82, 2.24) is 24.4 Å². The minimum absolute atomic E-state index is 0.235. The molecule has 0 atom stereocenters. The van der Waals surface area contributed by atoms with Gasteiger partial charge < -0.3 is 5.32 Å². The average Bonchev–Trinajstić information content (AvgIpc) is 3.44. The first-order valence-corrected chi connectivity index (χ1v) is 10.7. The molecule has 1 aromatic carbocycles. The van der Waals surface area contributed by atoms with E-state index in [0.717, 1.165) is 28.1 Å². The van der Waals surface area contributed by atoms with E-state index in [2.05, 4.69) is 35.1 Å². The molecule has 2 aliphatic heterocycles. The molecule has 4 heterocycles. The molecule has 0 saturated carbocycles. The van der Waals surface area contributed by atoms with Crippen molar-refractivity contribution in [1.29, 1.82) is 0 Å². The van der Waals surface area contributed by atoms with E-state index in [0.29, 0.717) is 17.9 Å². The maximum atomic E-state index is 12.3. The number of pyridine rings is 1. The van der Waals surface area contributed by atoms with Crippen LogP contribution in [-0.2, 0) is 0 Å². The highest BCUT2D eigenvalue weighted by Crippen LogP contribution is 2.29. The second kappa shape index (κ2) is 8.69. The van der Waals surface area contributed by atoms with Crippen LogP contribution in [0.4, 0.5) is 11.5 Å². The van der Waals surface area contributed by atoms with Gasteiger partial charge in [-0.15, -0.1) is 0 Å². The van der Waals surface area contributed by atoms with Crippen LogP contribution in [0.5, 0.6) is 0 Å². The predicted molar refractivity (Wildman–Crippen MR) is 125 cm³/mol. The van der Waals surface area contributed by atoms with E-state index in [-0.39, 0.29) is 5.91 Å². The van der Waals surface area contributed by atoms with Gasteiger partial charge in [0.05, 0.1) is 12.4 Å². The van der Waals surface area contributed by atoms with Crippen LogP contribution in [0.3, 0.4) is 0 Å². The number of aryl methyl sites for hydroxylation is 1. The number of hydrogen-bond acceptors (Lipinski definition) is 8. The van der Waals surface area contributed by atoms with Crippen LogP contribution in [0.1, 0.15) is 16.2 Å². The summed E-state index contributed by atoms with van der Waals surface area (Å²) in [6.07, 6.45) is 7.34. The number of nitrogens with one attached hydrogen (secondary N) is 3. The summed E-state index contributed by atoms with van der Waals surface area (Å²) in [4.78, 5) is 23.9. The fourth-order valence-corrected chi connectivity index (χ4v) is 4.11. The van der Waals surface area contributed by atoms with Crippen molar-refractivity contribution in [3.05, 3.63) is 90.5 Å². The summed E-state index contributed by atoms with van der Waals surface area (Å²) in [5.74, 6) is 2.30. The Balaban J connectivity index is 1.27. The lowest BCUT2D eigenvalue weighted by Crippen LogP contribution is -2.42. The number of aromatic amines is 1. The predicted octanol–water partition coefficient (Wildman–Crippen LogP) is 3.62. The number of benzene rings is 1. The van der Waals surface area contributed by atoms with Crippen LogP contribution in [0.25, 0.3) is 0 Å². The van der Waals surface area contributed by atoms with Crippen molar-refractivity contribution in [2.24, 2.45) is 4.99 Å². The SMILES string of the molecule is Cc1cc(NC2=CN(Sc3ccc(NC(=O)c4ccccn4)cc3)CC3=NC=C[N+]23)n[nH]1. The van der Waals surface area contributed by atoms with Gasteiger partial charge in [-0.3, -0.25) is 24.5 Å². The van der Waals surface area contributed by atoms with Gasteiger partial charge in [0.25, 0.3) is 17.6 Å². The molecule has 1 amide bonds. The minimum Gasteiger partial charge on any atom is -0.321 e. The summed E-state index contributed by atoms with van der Waals surface area (Å²) in [6.45, 7) is 2.61. The van der Waals surface area contributed by atoms with Crippen LogP contribution < -0.4 is 15.5 Å². The molecule has 0 spiro atoms. The molecule has 2 aromatic heterocycles. The van der Waals surface area contributed by atoms with Gasteiger partial charge in [0.2, 0.25) is 0 Å². The first-order valence-electron chi connectivity index (χ1n) is 9.94. The molecular weight excluding hydrogens is 424 g/mol. The van der Waals surface area contributed by atoms with E-state index in [4.69, 9.17) is 0 Å². The molecule has 3 N–H and O–H groups in total. The maximum absolute atomic E-state index is 12.3. The fourth-order valence-electron chi connectivity index (χ4n) is 3.25. The number of carbonyl (C=O) groups excluding carboxylic acids is 1. The zero-order valence-electron chi connectivity index (χ0n) is 17.2. The summed E-state index contributed by atoms with van der Waals surface area (Å²) in [5.41, 5.74) is 2.08. The summed E-state index contributed by atoms with van der Waals surface area (Å²) in [5, 5.41) is 13.4. The number of amides is 1. The lowest BCUT2D eigenvalue weighted by atomic mass is 10.3. The molecule has 0 saturated heterocycles. The molecule has 0 unspecified atom stereocenters. The van der Waals surface area contributed by atoms with E-state index in [9.17, 15) is 4.79 Å². The Hall–Kier alpha value is -3.89. The third-order valence-electron chi connectivity index (χ3n) is 4.73. The zero-order chi connectivity index (χ0) is 21.9. The average molecular weight is 445 g/mol. The second-order valence-corrected chi connectivity index (χ2v) is 8.27. The van der Waals surface area contributed by atoms with Crippen LogP contribution in [0.2, 0.25) is 0 Å². The Labute approximate surface area is 189 Å². The summed E-state index contributed by atoms with van der Waals surface area (Å²) in [6, 6.07) is 14.9. The smallest absolute Gasteiger partial charge is 0.285 e. The Morgan fingerprint density at radius 1 is 1.22 bits per heavy atom. The number of fused-ring (bicyclic) bond motifs is 1. The molecule has 3 aromatic rings. The van der Waals surface area contributed by atoms with E-state index in [1.54, 1.807) is 42.5 Å². The highest BCUT2D eigenvalue weighted by molar-refractivity contribution is 7.97. The molecule has 9 nitrogen and oxygen atoms in total. The molecule has 5 rings (SSSR count). The minimum atomic E-state index is -0.235. The standard InChI is InChI=1S/C22H20N8OS/c1-15-12-19(28-27-15)26-21-14-29(13-20-24-10-11-30(20)21)32-17-7-5-16(6-8-17)25-22(31)18-4-2-3-9-23-18/h2-12,14H,13H2,1H3,(H,25,31)(H2,26,27,28)/q+1. The number of amidine groups is 1. The van der Waals surface area contributed by atoms with E-state index >= 15 is 0 Å². The summed E-state index contributed by atoms with van der Waals surface area (Å²) in [7, 11) is 0. The summed E-state index contributed by atoms with van der Waals surface area (Å²) < 4.78 is 2.10. The zero-order valence-corrected chi connectivity index (χ0v) is 18.0. The third-order valence-corrected chi connectivity index (χ3v) is 5.69. The highest BCUT2D eigenvalue weighted by atomic mass is 32.2. The van der Waals surface area contributed by atoms with Crippen LogP contribution in [0.15, 0.2) is 89.0 Å². The van der Waals surface area contributed by atoms with Gasteiger partial charge in [-0.05, 0) is 60.2 Å². The van der Waals surface area contributed by atoms with Gasteiger partial charge in [-0.25, -0.2) is 0 Å². The molecule has 0 aliphatic carbocycles. The lowest BCUT2D eigenvalue weighted by Gasteiger charge is -2.24. The van der Waals surface area contributed by atoms with E-state index < -0.39 is 0 Å². The van der Waals surface area contributed by atoms with Crippen molar-refractivity contribution >= 4 is 35.2 Å². The number of anilines is 2. The van der Waals surface area contributed by atoms with Gasteiger partial charge in [0, 0.05) is 28.5 Å². The molecule has 1 radical (unpaired) electrons. The Morgan fingerprint density at radius 2 is 2.09 bits per heavy atom. The van der Waals surface area contributed by atoms with E-state index in [1.165, 1.54) is 0 Å². The maximum Gasteiger partial charge on any atom is 0.285 e. The van der Waals surface area contributed by atoms with Gasteiger partial charge in [-0.1, -0.05) is 6.07 Å². The first-order chi connectivity index (χ1) is 15.6. The number of hydrogen-bond donors (Lipinski definition) is 3. The Morgan fingerprint density at radius 3 is 2.84 bits per heavy atom. The van der Waals surface area contributed by atoms with Gasteiger partial charge in [0.1, 0.15) is 12.2 Å². The Bertz CT molecular complexity index is 1220. The van der Waals surface area contributed by atoms with Crippen molar-refractivity contribution in [3.63, 3.8) is 0 Å². The Kier molecular flexibility index (Phi) is 5.44. The molecule has 2 aliphatic rings. The normalized spacial score (nSPS) is 15.2. The number of aliphatic imine (C=N–C) groups is 1. The fraction of sp³-hybridized carbons (Fsp3) is 0.0909. The summed E-state index contributed by atoms with van der Waals surface area (Å²) >= 11 is 1.59. The van der Waals surface area contributed by atoms with Crippen molar-refractivity contribution in [2.75, 3.05) is 17.2 Å². The largest absolute Gasteiger partial charge is 0.321 e. The van der Waals surface area contributed by atoms with Crippen molar-refractivity contribution in [2.45, 2.75) is 11.8 Å². The van der Waals surface area contributed by atoms with Crippen LogP contribution in [-0.4, -0.2) is 37.8 Å². The highest BCUT2D eigenvalue weighted by Gasteiger charge is 2.37. The monoisotopic (exact) mass is 444 g/mol. The van der Waals surface area contributed by atoms with Gasteiger partial charge in [0.15, 0.2) is 12.0 Å².